The Bertz CT molecular complexity index is 722. The van der Waals surface area contributed by atoms with Gasteiger partial charge in [-0.25, -0.2) is 4.79 Å². The van der Waals surface area contributed by atoms with Crippen molar-refractivity contribution >= 4 is 83.9 Å². The molecule has 1 aromatic carbocycles. The van der Waals surface area contributed by atoms with Crippen LogP contribution < -0.4 is 0 Å². The maximum absolute atomic E-state index is 13.4. The van der Waals surface area contributed by atoms with E-state index in [-0.39, 0.29) is 14.9 Å². The molecule has 6 nitrogen and oxygen atoms in total. The van der Waals surface area contributed by atoms with Crippen molar-refractivity contribution in [3.05, 3.63) is 22.3 Å². The van der Waals surface area contributed by atoms with Gasteiger partial charge in [-0.3, -0.25) is 4.55 Å². The molecule has 0 aliphatic carbocycles. The Labute approximate surface area is 165 Å². The van der Waals surface area contributed by atoms with Crippen molar-refractivity contribution in [2.45, 2.75) is 18.3 Å². The number of carbonyl (C=O) groups is 1. The van der Waals surface area contributed by atoms with Gasteiger partial charge in [-0.2, -0.15) is 17.2 Å². The summed E-state index contributed by atoms with van der Waals surface area (Å²) in [5, 5.41) is 5.13. The number of esters is 1. The number of alkyl halides is 2. The monoisotopic (exact) mass is 674 g/mol. The lowest BCUT2D eigenvalue weighted by Gasteiger charge is -2.21. The number of phenols is 1. The first kappa shape index (κ1) is 20.5. The SMILES string of the molecule is CC(OC(=O)c1c(I)cc(I)c(O)c1I)C(F)(F)S(=O)(=O)O. The summed E-state index contributed by atoms with van der Waals surface area (Å²) in [6, 6.07) is 1.43. The van der Waals surface area contributed by atoms with E-state index >= 15 is 0 Å². The quantitative estimate of drug-likeness (QED) is 0.290. The van der Waals surface area contributed by atoms with Crippen molar-refractivity contribution in [1.82, 2.24) is 0 Å². The van der Waals surface area contributed by atoms with Gasteiger partial charge >= 0.3 is 21.3 Å². The van der Waals surface area contributed by atoms with Crippen LogP contribution in [0.2, 0.25) is 0 Å². The lowest BCUT2D eigenvalue weighted by Crippen LogP contribution is -2.42. The Morgan fingerprint density at radius 3 is 2.27 bits per heavy atom. The molecule has 1 unspecified atom stereocenters. The Morgan fingerprint density at radius 2 is 1.82 bits per heavy atom. The topological polar surface area (TPSA) is 101 Å². The highest BCUT2D eigenvalue weighted by Crippen LogP contribution is 2.34. The van der Waals surface area contributed by atoms with Crippen molar-refractivity contribution in [3.8, 4) is 5.75 Å². The van der Waals surface area contributed by atoms with Gasteiger partial charge < -0.3 is 9.84 Å². The number of ether oxygens (including phenoxy) is 1. The molecule has 0 saturated carbocycles. The number of halogens is 5. The standard InChI is InChI=1S/C10H7F2I3O6S/c1-3(10(11,12)22(18,19)20)21-9(17)6-4(13)2-5(14)8(16)7(6)15/h2-3,16H,1H3,(H,18,19,20). The van der Waals surface area contributed by atoms with Gasteiger partial charge in [0.25, 0.3) is 0 Å². The van der Waals surface area contributed by atoms with Crippen LogP contribution >= 0.6 is 67.8 Å². The molecule has 0 saturated heterocycles. The third-order valence-electron chi connectivity index (χ3n) is 2.45. The molecule has 12 heteroatoms. The Kier molecular flexibility index (Phi) is 6.65. The molecule has 0 spiro atoms. The fraction of sp³-hybridized carbons (Fsp3) is 0.300. The molecule has 0 fully saturated rings. The van der Waals surface area contributed by atoms with Crippen LogP contribution in [-0.2, 0) is 14.9 Å². The highest BCUT2D eigenvalue weighted by molar-refractivity contribution is 14.1. The summed E-state index contributed by atoms with van der Waals surface area (Å²) in [7, 11) is -5.73. The smallest absolute Gasteiger partial charge is 0.405 e. The van der Waals surface area contributed by atoms with E-state index in [1.54, 1.807) is 45.2 Å². The van der Waals surface area contributed by atoms with Crippen LogP contribution in [0.15, 0.2) is 6.07 Å². The predicted molar refractivity (Wildman–Crippen MR) is 97.6 cm³/mol. The molecule has 22 heavy (non-hydrogen) atoms. The van der Waals surface area contributed by atoms with Crippen molar-refractivity contribution in [3.63, 3.8) is 0 Å². The minimum Gasteiger partial charge on any atom is -0.506 e. The molecule has 0 aliphatic rings. The zero-order valence-corrected chi connectivity index (χ0v) is 17.8. The minimum absolute atomic E-state index is 0.0845. The normalized spacial score (nSPS) is 13.8. The van der Waals surface area contributed by atoms with Gasteiger partial charge in [0, 0.05) is 3.57 Å². The third-order valence-corrected chi connectivity index (χ3v) is 6.19. The van der Waals surface area contributed by atoms with Crippen LogP contribution in [0.5, 0.6) is 5.75 Å². The van der Waals surface area contributed by atoms with Crippen molar-refractivity contribution in [1.29, 1.82) is 0 Å². The Hall–Kier alpha value is 0.450. The number of carbonyl (C=O) groups excluding carboxylic acids is 1. The Morgan fingerprint density at radius 1 is 1.32 bits per heavy atom. The molecule has 0 bridgehead atoms. The first-order chi connectivity index (χ1) is 9.80. The summed E-state index contributed by atoms with van der Waals surface area (Å²) in [4.78, 5) is 12.0. The van der Waals surface area contributed by atoms with Crippen LogP contribution in [0.4, 0.5) is 8.78 Å². The average molecular weight is 674 g/mol. The number of hydrogen-bond donors (Lipinski definition) is 2. The lowest BCUT2D eigenvalue weighted by molar-refractivity contribution is -0.0551. The van der Waals surface area contributed by atoms with Gasteiger partial charge in [0.2, 0.25) is 0 Å². The molecule has 0 aromatic heterocycles. The molecule has 0 aliphatic heterocycles. The van der Waals surface area contributed by atoms with Crippen LogP contribution in [0.1, 0.15) is 17.3 Å². The van der Waals surface area contributed by atoms with Gasteiger partial charge in [-0.15, -0.1) is 0 Å². The highest BCUT2D eigenvalue weighted by Gasteiger charge is 2.52. The summed E-state index contributed by atoms with van der Waals surface area (Å²) in [5.41, 5.74) is -0.169. The van der Waals surface area contributed by atoms with E-state index in [4.69, 9.17) is 4.55 Å². The van der Waals surface area contributed by atoms with Gasteiger partial charge in [0.1, 0.15) is 5.75 Å². The molecule has 1 aromatic rings. The van der Waals surface area contributed by atoms with E-state index in [0.717, 1.165) is 0 Å². The predicted octanol–water partition coefficient (Wildman–Crippen LogP) is 3.23. The van der Waals surface area contributed by atoms with Crippen LogP contribution in [0, 0.1) is 10.7 Å². The molecular formula is C10H7F2I3O6S. The van der Waals surface area contributed by atoms with E-state index in [1.165, 1.54) is 6.07 Å². The lowest BCUT2D eigenvalue weighted by atomic mass is 10.2. The molecule has 0 amide bonds. The maximum atomic E-state index is 13.4. The van der Waals surface area contributed by atoms with Crippen molar-refractivity contribution < 1.29 is 36.4 Å². The number of rotatable bonds is 4. The summed E-state index contributed by atoms with van der Waals surface area (Å²) in [5.74, 6) is -1.46. The number of aromatic hydroxyl groups is 1. The van der Waals surface area contributed by atoms with Crippen LogP contribution in [0.3, 0.4) is 0 Å². The minimum atomic E-state index is -5.73. The van der Waals surface area contributed by atoms with Gasteiger partial charge in [-0.05, 0) is 80.8 Å². The second-order valence-electron chi connectivity index (χ2n) is 3.96. The zero-order valence-electron chi connectivity index (χ0n) is 10.5. The fourth-order valence-corrected chi connectivity index (χ4v) is 5.54. The third kappa shape index (κ3) is 4.10. The number of phenolic OH excluding ortho intramolecular Hbond substituents is 1. The maximum Gasteiger partial charge on any atom is 0.405 e. The second kappa shape index (κ2) is 7.14. The van der Waals surface area contributed by atoms with Crippen molar-refractivity contribution in [2.24, 2.45) is 0 Å². The average Bonchev–Trinajstić information content (AvgIpc) is 2.34. The Balaban J connectivity index is 3.18. The van der Waals surface area contributed by atoms with E-state index in [1.807, 2.05) is 22.6 Å². The zero-order chi connectivity index (χ0) is 17.5. The first-order valence-electron chi connectivity index (χ1n) is 5.23. The summed E-state index contributed by atoms with van der Waals surface area (Å²) in [6.45, 7) is 0.637. The molecule has 0 radical (unpaired) electrons. The molecule has 2 N–H and O–H groups in total. The van der Waals surface area contributed by atoms with E-state index in [9.17, 15) is 27.1 Å². The van der Waals surface area contributed by atoms with Crippen LogP contribution in [0.25, 0.3) is 0 Å². The summed E-state index contributed by atoms with van der Waals surface area (Å²) >= 11 is 5.21. The largest absolute Gasteiger partial charge is 0.506 e. The van der Waals surface area contributed by atoms with Gasteiger partial charge in [-0.1, -0.05) is 0 Å². The second-order valence-corrected chi connectivity index (χ2v) is 8.86. The van der Waals surface area contributed by atoms with Crippen molar-refractivity contribution in [2.75, 3.05) is 0 Å². The molecule has 0 heterocycles. The van der Waals surface area contributed by atoms with Gasteiger partial charge in [0.05, 0.1) is 12.7 Å². The molecule has 124 valence electrons. The van der Waals surface area contributed by atoms with E-state index < -0.39 is 27.4 Å². The van der Waals surface area contributed by atoms with Crippen LogP contribution in [-0.4, -0.2) is 35.4 Å². The summed E-state index contributed by atoms with van der Waals surface area (Å²) in [6.07, 6.45) is -2.41. The van der Waals surface area contributed by atoms with E-state index in [2.05, 4.69) is 4.74 Å². The number of hydrogen-bond acceptors (Lipinski definition) is 5. The molecular weight excluding hydrogens is 667 g/mol. The first-order valence-corrected chi connectivity index (χ1v) is 9.90. The summed E-state index contributed by atoms with van der Waals surface area (Å²) < 4.78 is 61.7. The van der Waals surface area contributed by atoms with E-state index in [0.29, 0.717) is 14.1 Å². The number of benzene rings is 1. The fourth-order valence-electron chi connectivity index (χ4n) is 1.26. The van der Waals surface area contributed by atoms with Gasteiger partial charge in [0.15, 0.2) is 6.10 Å². The molecule has 1 atom stereocenters. The molecule has 1 rings (SSSR count). The highest BCUT2D eigenvalue weighted by atomic mass is 127.